The Kier molecular flexibility index (Phi) is 7.68. The first kappa shape index (κ1) is 25.8. The number of carbonyl (C=O) groups excluding carboxylic acids is 1. The number of aromatic nitrogens is 1. The number of carbonyl (C=O) groups is 1. The Hall–Kier alpha value is -3.33. The summed E-state index contributed by atoms with van der Waals surface area (Å²) in [5.41, 5.74) is 8.39. The minimum Gasteiger partial charge on any atom is -0.457 e. The van der Waals surface area contributed by atoms with Crippen molar-refractivity contribution in [1.82, 2.24) is 4.98 Å². The van der Waals surface area contributed by atoms with Crippen LogP contribution in [0.15, 0.2) is 60.7 Å². The molecule has 1 saturated heterocycles. The maximum Gasteiger partial charge on any atom is 0.242 e. The van der Waals surface area contributed by atoms with Crippen LogP contribution in [0.25, 0.3) is 11.3 Å². The lowest BCUT2D eigenvalue weighted by Gasteiger charge is -2.19. The molecule has 0 saturated carbocycles. The van der Waals surface area contributed by atoms with Crippen molar-refractivity contribution in [3.05, 3.63) is 72.0 Å². The predicted molar refractivity (Wildman–Crippen MR) is 136 cm³/mol. The minimum atomic E-state index is -0.698. The van der Waals surface area contributed by atoms with E-state index in [1.54, 1.807) is 18.2 Å². The molecular formula is C28H32FN3O4. The van der Waals surface area contributed by atoms with Crippen LogP contribution in [0.3, 0.4) is 0 Å². The molecule has 1 aliphatic heterocycles. The number of pyridine rings is 1. The lowest BCUT2D eigenvalue weighted by molar-refractivity contribution is -0.139. The van der Waals surface area contributed by atoms with E-state index in [9.17, 15) is 9.18 Å². The number of nitrogens with two attached hydrogens (primary N) is 1. The van der Waals surface area contributed by atoms with Gasteiger partial charge in [-0.3, -0.25) is 4.79 Å². The summed E-state index contributed by atoms with van der Waals surface area (Å²) in [6, 6.07) is 16.3. The highest BCUT2D eigenvalue weighted by Gasteiger charge is 2.34. The van der Waals surface area contributed by atoms with Crippen molar-refractivity contribution < 1.29 is 23.4 Å². The van der Waals surface area contributed by atoms with Gasteiger partial charge in [-0.15, -0.1) is 0 Å². The summed E-state index contributed by atoms with van der Waals surface area (Å²) in [4.78, 5) is 17.4. The van der Waals surface area contributed by atoms with E-state index in [-0.39, 0.29) is 17.8 Å². The molecule has 2 atom stereocenters. The van der Waals surface area contributed by atoms with Crippen molar-refractivity contribution in [2.24, 2.45) is 11.7 Å². The Balaban J connectivity index is 1.59. The van der Waals surface area contributed by atoms with Gasteiger partial charge < -0.3 is 25.3 Å². The third-order valence-corrected chi connectivity index (χ3v) is 5.74. The third kappa shape index (κ3) is 6.66. The molecule has 0 unspecified atom stereocenters. The SMILES string of the molecule is CC(C)C[C@H](N)C(=O)Nc1cc([C@H]2COC(C)(C)O2)cc(-c2ccc(Oc3ccc(F)cc3)cc2)n1. The van der Waals surface area contributed by atoms with Gasteiger partial charge in [-0.25, -0.2) is 9.37 Å². The Morgan fingerprint density at radius 2 is 1.78 bits per heavy atom. The van der Waals surface area contributed by atoms with E-state index >= 15 is 0 Å². The third-order valence-electron chi connectivity index (χ3n) is 5.74. The number of benzene rings is 2. The van der Waals surface area contributed by atoms with Gasteiger partial charge in [-0.1, -0.05) is 13.8 Å². The molecule has 3 aromatic rings. The van der Waals surface area contributed by atoms with E-state index in [0.717, 1.165) is 11.1 Å². The molecule has 8 heteroatoms. The smallest absolute Gasteiger partial charge is 0.242 e. The largest absolute Gasteiger partial charge is 0.457 e. The number of amides is 1. The molecule has 1 aromatic heterocycles. The second-order valence-electron chi connectivity index (χ2n) is 9.79. The summed E-state index contributed by atoms with van der Waals surface area (Å²) >= 11 is 0. The summed E-state index contributed by atoms with van der Waals surface area (Å²) in [6.45, 7) is 8.16. The summed E-state index contributed by atoms with van der Waals surface area (Å²) in [7, 11) is 0. The molecule has 0 radical (unpaired) electrons. The van der Waals surface area contributed by atoms with Gasteiger partial charge in [0, 0.05) is 5.56 Å². The number of hydrogen-bond donors (Lipinski definition) is 2. The van der Waals surface area contributed by atoms with Crippen molar-refractivity contribution in [3.8, 4) is 22.8 Å². The van der Waals surface area contributed by atoms with Gasteiger partial charge in [0.2, 0.25) is 5.91 Å². The highest BCUT2D eigenvalue weighted by atomic mass is 19.1. The average Bonchev–Trinajstić information content (AvgIpc) is 3.20. The molecule has 1 aliphatic rings. The fourth-order valence-electron chi connectivity index (χ4n) is 3.97. The number of anilines is 1. The summed E-state index contributed by atoms with van der Waals surface area (Å²) in [6.07, 6.45) is 0.268. The first-order valence-corrected chi connectivity index (χ1v) is 12.0. The average molecular weight is 494 g/mol. The zero-order valence-corrected chi connectivity index (χ0v) is 21.0. The second kappa shape index (κ2) is 10.7. The molecule has 0 aliphatic carbocycles. The van der Waals surface area contributed by atoms with Gasteiger partial charge in [0.25, 0.3) is 0 Å². The van der Waals surface area contributed by atoms with Gasteiger partial charge in [-0.05, 0) is 92.4 Å². The normalized spacial score (nSPS) is 17.7. The van der Waals surface area contributed by atoms with Crippen LogP contribution in [0.4, 0.5) is 10.2 Å². The van der Waals surface area contributed by atoms with E-state index in [1.807, 2.05) is 58.0 Å². The van der Waals surface area contributed by atoms with E-state index in [4.69, 9.17) is 19.9 Å². The molecular weight excluding hydrogens is 461 g/mol. The number of hydrogen-bond acceptors (Lipinski definition) is 6. The fourth-order valence-corrected chi connectivity index (χ4v) is 3.97. The zero-order valence-electron chi connectivity index (χ0n) is 21.0. The molecule has 7 nitrogen and oxygen atoms in total. The maximum absolute atomic E-state index is 13.2. The van der Waals surface area contributed by atoms with Crippen LogP contribution in [0.1, 0.15) is 45.8 Å². The Labute approximate surface area is 210 Å². The zero-order chi connectivity index (χ0) is 25.9. The lowest BCUT2D eigenvalue weighted by Crippen LogP contribution is -2.36. The number of rotatable bonds is 8. The van der Waals surface area contributed by atoms with Crippen LogP contribution in [0.5, 0.6) is 11.5 Å². The molecule has 2 heterocycles. The molecule has 1 amide bonds. The van der Waals surface area contributed by atoms with Gasteiger partial charge in [0.1, 0.15) is 29.2 Å². The van der Waals surface area contributed by atoms with Gasteiger partial charge in [0.05, 0.1) is 18.3 Å². The van der Waals surface area contributed by atoms with Crippen LogP contribution < -0.4 is 15.8 Å². The van der Waals surface area contributed by atoms with Gasteiger partial charge in [0.15, 0.2) is 5.79 Å². The quantitative estimate of drug-likeness (QED) is 0.411. The van der Waals surface area contributed by atoms with Crippen LogP contribution in [-0.4, -0.2) is 29.3 Å². The van der Waals surface area contributed by atoms with Crippen molar-refractivity contribution >= 4 is 11.7 Å². The fraction of sp³-hybridized carbons (Fsp3) is 0.357. The van der Waals surface area contributed by atoms with Crippen molar-refractivity contribution in [2.45, 2.75) is 52.0 Å². The molecule has 190 valence electrons. The van der Waals surface area contributed by atoms with E-state index in [1.165, 1.54) is 12.1 Å². The van der Waals surface area contributed by atoms with Crippen molar-refractivity contribution in [1.29, 1.82) is 0 Å². The van der Waals surface area contributed by atoms with Crippen LogP contribution in [-0.2, 0) is 14.3 Å². The van der Waals surface area contributed by atoms with Crippen LogP contribution in [0.2, 0.25) is 0 Å². The highest BCUT2D eigenvalue weighted by molar-refractivity contribution is 5.94. The van der Waals surface area contributed by atoms with Crippen molar-refractivity contribution in [3.63, 3.8) is 0 Å². The molecule has 36 heavy (non-hydrogen) atoms. The number of nitrogens with one attached hydrogen (secondary N) is 1. The van der Waals surface area contributed by atoms with Crippen LogP contribution >= 0.6 is 0 Å². The Bertz CT molecular complexity index is 1200. The molecule has 2 aromatic carbocycles. The van der Waals surface area contributed by atoms with E-state index in [2.05, 4.69) is 10.3 Å². The summed E-state index contributed by atoms with van der Waals surface area (Å²) < 4.78 is 30.7. The highest BCUT2D eigenvalue weighted by Crippen LogP contribution is 2.35. The number of nitrogens with zero attached hydrogens (tertiary/aromatic N) is 1. The molecule has 4 rings (SSSR count). The number of halogens is 1. The second-order valence-corrected chi connectivity index (χ2v) is 9.79. The monoisotopic (exact) mass is 493 g/mol. The van der Waals surface area contributed by atoms with Gasteiger partial charge >= 0.3 is 0 Å². The van der Waals surface area contributed by atoms with E-state index < -0.39 is 11.8 Å². The molecule has 3 N–H and O–H groups in total. The summed E-state index contributed by atoms with van der Waals surface area (Å²) in [5, 5.41) is 2.86. The topological polar surface area (TPSA) is 95.7 Å². The minimum absolute atomic E-state index is 0.286. The van der Waals surface area contributed by atoms with E-state index in [0.29, 0.717) is 42.0 Å². The lowest BCUT2D eigenvalue weighted by atomic mass is 10.0. The van der Waals surface area contributed by atoms with Crippen molar-refractivity contribution in [2.75, 3.05) is 11.9 Å². The Morgan fingerprint density at radius 1 is 1.14 bits per heavy atom. The first-order chi connectivity index (χ1) is 17.1. The molecule has 0 bridgehead atoms. The van der Waals surface area contributed by atoms with Gasteiger partial charge in [-0.2, -0.15) is 0 Å². The Morgan fingerprint density at radius 3 is 2.36 bits per heavy atom. The maximum atomic E-state index is 13.2. The standard InChI is InChI=1S/C28H32FN3O4/c1-17(2)13-23(30)27(33)32-26-15-19(25-16-34-28(3,4)36-25)14-24(31-26)18-5-9-21(10-6-18)35-22-11-7-20(29)8-12-22/h5-12,14-15,17,23,25H,13,16,30H2,1-4H3,(H,31,32,33)/t23-,25+/m0/s1. The number of ether oxygens (including phenoxy) is 3. The summed E-state index contributed by atoms with van der Waals surface area (Å²) in [5.74, 6) is 0.519. The van der Waals surface area contributed by atoms with Crippen LogP contribution in [0, 0.1) is 11.7 Å². The molecule has 1 fully saturated rings. The first-order valence-electron chi connectivity index (χ1n) is 12.0. The molecule has 0 spiro atoms. The predicted octanol–water partition coefficient (Wildman–Crippen LogP) is 5.82.